The van der Waals surface area contributed by atoms with Gasteiger partial charge in [-0.2, -0.15) is 0 Å². The summed E-state index contributed by atoms with van der Waals surface area (Å²) in [6.45, 7) is 1.89. The molecule has 21 heavy (non-hydrogen) atoms. The number of hydrogen-bond acceptors (Lipinski definition) is 2. The number of aliphatic carboxylic acids is 1. The van der Waals surface area contributed by atoms with Crippen molar-refractivity contribution in [2.45, 2.75) is 19.4 Å². The second-order valence-corrected chi connectivity index (χ2v) is 5.48. The number of rotatable bonds is 5. The number of carboxylic acid groups (broad SMARTS) is 1. The smallest absolute Gasteiger partial charge is 0.345 e. The molecule has 0 saturated carbocycles. The van der Waals surface area contributed by atoms with E-state index in [1.807, 2.05) is 19.1 Å². The summed E-state index contributed by atoms with van der Waals surface area (Å²) < 4.78 is 5.51. The normalized spacial score (nSPS) is 12.0. The van der Waals surface area contributed by atoms with Crippen molar-refractivity contribution in [1.82, 2.24) is 0 Å². The quantitative estimate of drug-likeness (QED) is 0.887. The first kappa shape index (κ1) is 15.7. The van der Waals surface area contributed by atoms with Crippen molar-refractivity contribution in [3.63, 3.8) is 0 Å². The van der Waals surface area contributed by atoms with E-state index < -0.39 is 12.1 Å². The van der Waals surface area contributed by atoms with Crippen molar-refractivity contribution < 1.29 is 14.6 Å². The summed E-state index contributed by atoms with van der Waals surface area (Å²) in [6.07, 6.45) is -0.815. The lowest BCUT2D eigenvalue weighted by Gasteiger charge is -2.16. The highest BCUT2D eigenvalue weighted by Gasteiger charge is 2.21. The molecule has 0 saturated heterocycles. The Labute approximate surface area is 133 Å². The van der Waals surface area contributed by atoms with Crippen LogP contribution in [0.1, 0.15) is 11.1 Å². The number of benzene rings is 2. The Morgan fingerprint density at radius 1 is 1.19 bits per heavy atom. The molecule has 2 rings (SSSR count). The van der Waals surface area contributed by atoms with Gasteiger partial charge in [-0.1, -0.05) is 47.5 Å². The zero-order valence-corrected chi connectivity index (χ0v) is 12.9. The van der Waals surface area contributed by atoms with Gasteiger partial charge in [0.15, 0.2) is 6.10 Å². The maximum Gasteiger partial charge on any atom is 0.345 e. The summed E-state index contributed by atoms with van der Waals surface area (Å²) in [7, 11) is 0. The van der Waals surface area contributed by atoms with Crippen LogP contribution in [0, 0.1) is 6.92 Å². The fraction of sp³-hybridized carbons (Fsp3) is 0.188. The number of ether oxygens (including phenoxy) is 1. The molecule has 0 unspecified atom stereocenters. The summed E-state index contributed by atoms with van der Waals surface area (Å²) in [6, 6.07) is 12.2. The molecule has 0 radical (unpaired) electrons. The topological polar surface area (TPSA) is 46.5 Å². The third kappa shape index (κ3) is 4.13. The van der Waals surface area contributed by atoms with Crippen LogP contribution in [-0.2, 0) is 11.2 Å². The average Bonchev–Trinajstić information content (AvgIpc) is 2.44. The minimum atomic E-state index is -1.05. The molecule has 3 nitrogen and oxygen atoms in total. The molecule has 0 bridgehead atoms. The van der Waals surface area contributed by atoms with Crippen molar-refractivity contribution in [1.29, 1.82) is 0 Å². The Balaban J connectivity index is 2.18. The van der Waals surface area contributed by atoms with E-state index in [1.54, 1.807) is 30.3 Å². The molecule has 0 spiro atoms. The van der Waals surface area contributed by atoms with Gasteiger partial charge in [0, 0.05) is 11.4 Å². The first-order chi connectivity index (χ1) is 9.97. The molecule has 0 aliphatic carbocycles. The van der Waals surface area contributed by atoms with E-state index >= 15 is 0 Å². The minimum Gasteiger partial charge on any atom is -0.478 e. The van der Waals surface area contributed by atoms with Gasteiger partial charge < -0.3 is 9.84 Å². The Morgan fingerprint density at radius 3 is 2.52 bits per heavy atom. The van der Waals surface area contributed by atoms with E-state index in [0.29, 0.717) is 15.8 Å². The molecular formula is C16H14Cl2O3. The van der Waals surface area contributed by atoms with Gasteiger partial charge in [-0.15, -0.1) is 0 Å². The standard InChI is InChI=1S/C16H14Cl2O3/c1-10-6-7-11(8-13(10)18)9-15(16(19)20)21-14-5-3-2-4-12(14)17/h2-8,15H,9H2,1H3,(H,19,20)/t15-/m1/s1. The molecule has 1 N–H and O–H groups in total. The van der Waals surface area contributed by atoms with Crippen molar-refractivity contribution in [3.05, 3.63) is 63.6 Å². The van der Waals surface area contributed by atoms with Crippen LogP contribution < -0.4 is 4.74 Å². The third-order valence-electron chi connectivity index (χ3n) is 3.04. The van der Waals surface area contributed by atoms with Crippen molar-refractivity contribution in [2.75, 3.05) is 0 Å². The van der Waals surface area contributed by atoms with Crippen LogP contribution in [0.5, 0.6) is 5.75 Å². The van der Waals surface area contributed by atoms with Crippen LogP contribution in [0.3, 0.4) is 0 Å². The Bertz CT molecular complexity index is 656. The van der Waals surface area contributed by atoms with Gasteiger partial charge in [-0.3, -0.25) is 0 Å². The van der Waals surface area contributed by atoms with Crippen LogP contribution in [0.4, 0.5) is 0 Å². The number of hydrogen-bond donors (Lipinski definition) is 1. The SMILES string of the molecule is Cc1ccc(C[C@@H](Oc2ccccc2Cl)C(=O)O)cc1Cl. The maximum atomic E-state index is 11.4. The lowest BCUT2D eigenvalue weighted by Crippen LogP contribution is -2.29. The molecular weight excluding hydrogens is 311 g/mol. The van der Waals surface area contributed by atoms with Crippen LogP contribution in [0.2, 0.25) is 10.0 Å². The molecule has 0 heterocycles. The molecule has 2 aromatic carbocycles. The van der Waals surface area contributed by atoms with Crippen molar-refractivity contribution in [2.24, 2.45) is 0 Å². The zero-order valence-electron chi connectivity index (χ0n) is 11.3. The predicted octanol–water partition coefficient (Wildman–Crippen LogP) is 4.38. The van der Waals surface area contributed by atoms with Gasteiger partial charge in [-0.25, -0.2) is 4.79 Å². The lowest BCUT2D eigenvalue weighted by molar-refractivity contribution is -0.145. The molecule has 0 aliphatic rings. The van der Waals surface area contributed by atoms with Gasteiger partial charge in [0.1, 0.15) is 5.75 Å². The summed E-state index contributed by atoms with van der Waals surface area (Å²) in [4.78, 5) is 11.4. The van der Waals surface area contributed by atoms with E-state index in [-0.39, 0.29) is 6.42 Å². The fourth-order valence-electron chi connectivity index (χ4n) is 1.85. The monoisotopic (exact) mass is 324 g/mol. The Hall–Kier alpha value is -1.71. The molecule has 0 aromatic heterocycles. The highest BCUT2D eigenvalue weighted by Crippen LogP contribution is 2.25. The van der Waals surface area contributed by atoms with Gasteiger partial charge in [0.25, 0.3) is 0 Å². The summed E-state index contributed by atoms with van der Waals surface area (Å²) in [5, 5.41) is 10.3. The van der Waals surface area contributed by atoms with Crippen LogP contribution in [0.15, 0.2) is 42.5 Å². The number of carboxylic acids is 1. The summed E-state index contributed by atoms with van der Waals surface area (Å²) >= 11 is 12.0. The molecule has 0 amide bonds. The molecule has 0 fully saturated rings. The molecule has 0 aliphatic heterocycles. The second-order valence-electron chi connectivity index (χ2n) is 4.66. The molecule has 5 heteroatoms. The predicted molar refractivity (Wildman–Crippen MR) is 83.4 cm³/mol. The third-order valence-corrected chi connectivity index (χ3v) is 3.76. The van der Waals surface area contributed by atoms with Crippen LogP contribution in [-0.4, -0.2) is 17.2 Å². The zero-order chi connectivity index (χ0) is 15.4. The lowest BCUT2D eigenvalue weighted by atomic mass is 10.1. The fourth-order valence-corrected chi connectivity index (χ4v) is 2.23. The van der Waals surface area contributed by atoms with Gasteiger partial charge in [-0.05, 0) is 36.2 Å². The number of aryl methyl sites for hydroxylation is 1. The first-order valence-electron chi connectivity index (χ1n) is 6.36. The van der Waals surface area contributed by atoms with E-state index in [9.17, 15) is 9.90 Å². The van der Waals surface area contributed by atoms with Crippen molar-refractivity contribution in [3.8, 4) is 5.75 Å². The van der Waals surface area contributed by atoms with Gasteiger partial charge in [0.05, 0.1) is 5.02 Å². The Morgan fingerprint density at radius 2 is 1.90 bits per heavy atom. The molecule has 110 valence electrons. The average molecular weight is 325 g/mol. The highest BCUT2D eigenvalue weighted by atomic mass is 35.5. The minimum absolute atomic E-state index is 0.209. The summed E-state index contributed by atoms with van der Waals surface area (Å²) in [5.74, 6) is -0.698. The first-order valence-corrected chi connectivity index (χ1v) is 7.12. The highest BCUT2D eigenvalue weighted by molar-refractivity contribution is 6.32. The van der Waals surface area contributed by atoms with E-state index in [0.717, 1.165) is 11.1 Å². The van der Waals surface area contributed by atoms with Crippen LogP contribution in [0.25, 0.3) is 0 Å². The number of carbonyl (C=O) groups is 1. The second kappa shape index (κ2) is 6.83. The molecule has 2 aromatic rings. The van der Waals surface area contributed by atoms with E-state index in [1.165, 1.54) is 0 Å². The molecule has 1 atom stereocenters. The van der Waals surface area contributed by atoms with Crippen LogP contribution >= 0.6 is 23.2 Å². The largest absolute Gasteiger partial charge is 0.478 e. The van der Waals surface area contributed by atoms with Gasteiger partial charge in [0.2, 0.25) is 0 Å². The van der Waals surface area contributed by atoms with E-state index in [2.05, 4.69) is 0 Å². The Kier molecular flexibility index (Phi) is 5.10. The number of halogens is 2. The van der Waals surface area contributed by atoms with Gasteiger partial charge >= 0.3 is 5.97 Å². The van der Waals surface area contributed by atoms with E-state index in [4.69, 9.17) is 27.9 Å². The number of para-hydroxylation sites is 1. The summed E-state index contributed by atoms with van der Waals surface area (Å²) in [5.41, 5.74) is 1.74. The maximum absolute atomic E-state index is 11.4. The van der Waals surface area contributed by atoms with Crippen molar-refractivity contribution >= 4 is 29.2 Å².